The largest absolute Gasteiger partial charge is 0.501 e. The number of nitrogens with zero attached hydrogens (tertiary/aromatic N) is 1. The van der Waals surface area contributed by atoms with Crippen molar-refractivity contribution in [2.24, 2.45) is 0 Å². The Balaban J connectivity index is 2.94. The second-order valence-corrected chi connectivity index (χ2v) is 3.52. The molecule has 19 heavy (non-hydrogen) atoms. The van der Waals surface area contributed by atoms with Gasteiger partial charge in [0.05, 0.1) is 4.92 Å². The maximum atomic E-state index is 11.3. The van der Waals surface area contributed by atoms with E-state index in [1.807, 2.05) is 0 Å². The highest BCUT2D eigenvalue weighted by atomic mass is 16.6. The Bertz CT molecular complexity index is 775. The van der Waals surface area contributed by atoms with Crippen molar-refractivity contribution in [1.82, 2.24) is 0 Å². The van der Waals surface area contributed by atoms with E-state index in [-0.39, 0.29) is 5.39 Å². The monoisotopic (exact) mass is 267 g/mol. The second-order valence-electron chi connectivity index (χ2n) is 3.52. The molecule has 2 rings (SSSR count). The molecule has 3 N–H and O–H groups in total. The zero-order valence-corrected chi connectivity index (χ0v) is 8.98. The van der Waals surface area contributed by atoms with Gasteiger partial charge in [-0.3, -0.25) is 10.1 Å². The number of nitro groups is 1. The Morgan fingerprint density at radius 3 is 2.42 bits per heavy atom. The topological polar surface area (TPSA) is 151 Å². The van der Waals surface area contributed by atoms with E-state index >= 15 is 0 Å². The first-order valence-electron chi connectivity index (χ1n) is 4.73. The minimum atomic E-state index is -1.58. The summed E-state index contributed by atoms with van der Waals surface area (Å²) < 4.78 is 4.53. The number of hydrogen-bond donors (Lipinski definition) is 3. The van der Waals surface area contributed by atoms with Crippen molar-refractivity contribution in [2.75, 3.05) is 0 Å². The summed E-state index contributed by atoms with van der Waals surface area (Å²) in [6, 6.07) is 1.61. The maximum Gasteiger partial charge on any atom is 0.351 e. The van der Waals surface area contributed by atoms with E-state index in [4.69, 9.17) is 5.11 Å². The number of phenols is 2. The summed E-state index contributed by atoms with van der Waals surface area (Å²) in [6.07, 6.45) is 0. The van der Waals surface area contributed by atoms with Crippen molar-refractivity contribution < 1.29 is 29.5 Å². The van der Waals surface area contributed by atoms with Crippen molar-refractivity contribution in [1.29, 1.82) is 0 Å². The number of hydrogen-bond acceptors (Lipinski definition) is 7. The highest BCUT2D eigenvalue weighted by Gasteiger charge is 2.24. The number of nitro benzene ring substituents is 1. The molecule has 1 aromatic carbocycles. The van der Waals surface area contributed by atoms with E-state index in [2.05, 4.69) is 4.42 Å². The van der Waals surface area contributed by atoms with E-state index in [0.29, 0.717) is 0 Å². The Kier molecular flexibility index (Phi) is 2.59. The number of carbonyl (C=O) groups is 1. The molecule has 0 fully saturated rings. The minimum absolute atomic E-state index is 0.195. The number of phenolic OH excluding ortho intramolecular Hbond substituents is 2. The van der Waals surface area contributed by atoms with Gasteiger partial charge >= 0.3 is 17.3 Å². The molecule has 0 spiro atoms. The second kappa shape index (κ2) is 3.98. The van der Waals surface area contributed by atoms with Crippen molar-refractivity contribution in [2.45, 2.75) is 0 Å². The van der Waals surface area contributed by atoms with Crippen LogP contribution in [0, 0.1) is 10.1 Å². The lowest BCUT2D eigenvalue weighted by molar-refractivity contribution is -0.385. The average Bonchev–Trinajstić information content (AvgIpc) is 2.33. The Morgan fingerprint density at radius 2 is 1.89 bits per heavy atom. The van der Waals surface area contributed by atoms with Gasteiger partial charge in [-0.1, -0.05) is 0 Å². The first-order valence-corrected chi connectivity index (χ1v) is 4.73. The minimum Gasteiger partial charge on any atom is -0.501 e. The molecule has 9 heteroatoms. The van der Waals surface area contributed by atoms with Crippen LogP contribution in [0.2, 0.25) is 0 Å². The summed E-state index contributed by atoms with van der Waals surface area (Å²) in [6.45, 7) is 0. The van der Waals surface area contributed by atoms with Crippen molar-refractivity contribution >= 4 is 22.6 Å². The Hall–Kier alpha value is -3.10. The fourth-order valence-electron chi connectivity index (χ4n) is 1.51. The number of carboxylic acids is 1. The van der Waals surface area contributed by atoms with Crippen molar-refractivity contribution in [3.05, 3.63) is 38.2 Å². The Labute approximate surface area is 103 Å². The summed E-state index contributed by atoms with van der Waals surface area (Å²) in [4.78, 5) is 31.7. The number of benzene rings is 1. The van der Waals surface area contributed by atoms with Gasteiger partial charge in [-0.05, 0) is 6.07 Å². The highest BCUT2D eigenvalue weighted by molar-refractivity contribution is 5.95. The number of aromatic carboxylic acids is 1. The van der Waals surface area contributed by atoms with Crippen LogP contribution >= 0.6 is 0 Å². The number of rotatable bonds is 2. The van der Waals surface area contributed by atoms with Gasteiger partial charge in [0.2, 0.25) is 11.5 Å². The third kappa shape index (κ3) is 1.82. The van der Waals surface area contributed by atoms with Crippen molar-refractivity contribution in [3.8, 4) is 11.5 Å². The number of aromatic hydroxyl groups is 2. The molecule has 0 atom stereocenters. The van der Waals surface area contributed by atoms with E-state index in [1.165, 1.54) is 0 Å². The van der Waals surface area contributed by atoms with Gasteiger partial charge in [0.1, 0.15) is 5.56 Å². The molecule has 98 valence electrons. The van der Waals surface area contributed by atoms with Crippen LogP contribution in [-0.4, -0.2) is 26.2 Å². The molecule has 1 aromatic heterocycles. The van der Waals surface area contributed by atoms with E-state index in [1.54, 1.807) is 0 Å². The molecule has 0 aliphatic heterocycles. The van der Waals surface area contributed by atoms with E-state index in [9.17, 15) is 29.9 Å². The van der Waals surface area contributed by atoms with Crippen LogP contribution in [0.15, 0.2) is 21.3 Å². The third-order valence-corrected chi connectivity index (χ3v) is 2.38. The molecule has 0 saturated carbocycles. The molecule has 1 heterocycles. The first-order chi connectivity index (χ1) is 8.82. The molecule has 9 nitrogen and oxygen atoms in total. The standard InChI is InChI=1S/C10H5NO8/c12-6-5(11(17)18)2-3-1-4(9(14)15)10(16)19-8(3)7(6)13/h1-2,12-13H,(H,14,15). The molecule has 2 aromatic rings. The number of carboxylic acid groups (broad SMARTS) is 1. The van der Waals surface area contributed by atoms with Gasteiger partial charge < -0.3 is 19.7 Å². The smallest absolute Gasteiger partial charge is 0.351 e. The fraction of sp³-hybridized carbons (Fsp3) is 0. The summed E-state index contributed by atoms with van der Waals surface area (Å²) in [7, 11) is 0. The van der Waals surface area contributed by atoms with Crippen LogP contribution in [-0.2, 0) is 0 Å². The zero-order valence-electron chi connectivity index (χ0n) is 8.98. The average molecular weight is 267 g/mol. The quantitative estimate of drug-likeness (QED) is 0.313. The summed E-state index contributed by atoms with van der Waals surface area (Å²) in [5, 5.41) is 38.0. The van der Waals surface area contributed by atoms with Crippen LogP contribution in [0.25, 0.3) is 11.0 Å². The van der Waals surface area contributed by atoms with Crippen LogP contribution in [0.5, 0.6) is 11.5 Å². The maximum absolute atomic E-state index is 11.3. The molecule has 0 aliphatic rings. The van der Waals surface area contributed by atoms with Gasteiger partial charge in [-0.2, -0.15) is 0 Å². The van der Waals surface area contributed by atoms with Crippen LogP contribution in [0.1, 0.15) is 10.4 Å². The zero-order chi connectivity index (χ0) is 14.3. The fourth-order valence-corrected chi connectivity index (χ4v) is 1.51. The molecule has 0 saturated heterocycles. The van der Waals surface area contributed by atoms with Crippen LogP contribution in [0.3, 0.4) is 0 Å². The highest BCUT2D eigenvalue weighted by Crippen LogP contribution is 2.40. The number of fused-ring (bicyclic) bond motifs is 1. The lowest BCUT2D eigenvalue weighted by atomic mass is 10.1. The molecule has 0 radical (unpaired) electrons. The normalized spacial score (nSPS) is 10.5. The molecular weight excluding hydrogens is 262 g/mol. The van der Waals surface area contributed by atoms with Gasteiger partial charge in [0.15, 0.2) is 5.58 Å². The molecular formula is C10H5NO8. The predicted molar refractivity (Wildman–Crippen MR) is 59.4 cm³/mol. The van der Waals surface area contributed by atoms with E-state index < -0.39 is 44.9 Å². The lowest BCUT2D eigenvalue weighted by Crippen LogP contribution is -2.12. The molecule has 0 bridgehead atoms. The van der Waals surface area contributed by atoms with Gasteiger partial charge in [0, 0.05) is 11.5 Å². The summed E-state index contributed by atoms with van der Waals surface area (Å²) in [5.41, 5.74) is -3.36. The molecule has 0 amide bonds. The first kappa shape index (κ1) is 12.4. The summed E-state index contributed by atoms with van der Waals surface area (Å²) >= 11 is 0. The lowest BCUT2D eigenvalue weighted by Gasteiger charge is -2.03. The SMILES string of the molecule is O=C(O)c1cc2cc([N+](=O)[O-])c(O)c(O)c2oc1=O. The third-order valence-electron chi connectivity index (χ3n) is 2.38. The van der Waals surface area contributed by atoms with Crippen LogP contribution < -0.4 is 5.63 Å². The van der Waals surface area contributed by atoms with Crippen LogP contribution in [0.4, 0.5) is 5.69 Å². The van der Waals surface area contributed by atoms with Gasteiger partial charge in [-0.15, -0.1) is 0 Å². The van der Waals surface area contributed by atoms with E-state index in [0.717, 1.165) is 12.1 Å². The summed E-state index contributed by atoms with van der Waals surface area (Å²) in [5.74, 6) is -3.65. The van der Waals surface area contributed by atoms with Gasteiger partial charge in [-0.25, -0.2) is 9.59 Å². The predicted octanol–water partition coefficient (Wildman–Crippen LogP) is 0.811. The molecule has 0 aliphatic carbocycles. The molecule has 0 unspecified atom stereocenters. The van der Waals surface area contributed by atoms with Gasteiger partial charge in [0.25, 0.3) is 0 Å². The Morgan fingerprint density at radius 1 is 1.26 bits per heavy atom. The van der Waals surface area contributed by atoms with Crippen molar-refractivity contribution in [3.63, 3.8) is 0 Å².